The average Bonchev–Trinajstić information content (AvgIpc) is 2.39. The van der Waals surface area contributed by atoms with Crippen LogP contribution in [0.15, 0.2) is 0 Å². The summed E-state index contributed by atoms with van der Waals surface area (Å²) < 4.78 is 5.10. The molecule has 2 aliphatic rings. The van der Waals surface area contributed by atoms with Crippen molar-refractivity contribution < 1.29 is 14.6 Å². The van der Waals surface area contributed by atoms with Gasteiger partial charge in [0.15, 0.2) is 0 Å². The van der Waals surface area contributed by atoms with Crippen LogP contribution in [0.3, 0.4) is 0 Å². The lowest BCUT2D eigenvalue weighted by atomic mass is 9.92. The predicted molar refractivity (Wildman–Crippen MR) is 60.0 cm³/mol. The van der Waals surface area contributed by atoms with Gasteiger partial charge in [0.1, 0.15) is 0 Å². The molecule has 0 aromatic carbocycles. The molecule has 4 nitrogen and oxygen atoms in total. The SMILES string of the molecule is CCOC(=O)N1C2CC(O)CC1[C@H](C)[C@@H]2C. The Hall–Kier alpha value is -0.770. The van der Waals surface area contributed by atoms with Gasteiger partial charge >= 0.3 is 6.09 Å². The summed E-state index contributed by atoms with van der Waals surface area (Å²) in [5.41, 5.74) is 0. The van der Waals surface area contributed by atoms with Gasteiger partial charge in [0.05, 0.1) is 12.7 Å². The molecule has 1 N–H and O–H groups in total. The zero-order valence-corrected chi connectivity index (χ0v) is 10.2. The van der Waals surface area contributed by atoms with Crippen molar-refractivity contribution >= 4 is 6.09 Å². The van der Waals surface area contributed by atoms with E-state index in [1.807, 2.05) is 11.8 Å². The van der Waals surface area contributed by atoms with E-state index in [-0.39, 0.29) is 24.3 Å². The molecule has 2 bridgehead atoms. The van der Waals surface area contributed by atoms with Gasteiger partial charge in [0.25, 0.3) is 0 Å². The van der Waals surface area contributed by atoms with Crippen LogP contribution in [0.4, 0.5) is 4.79 Å². The molecular formula is C12H21NO3. The molecule has 5 atom stereocenters. The maximum absolute atomic E-state index is 11.9. The van der Waals surface area contributed by atoms with Crippen LogP contribution < -0.4 is 0 Å². The summed E-state index contributed by atoms with van der Waals surface area (Å²) >= 11 is 0. The fourth-order valence-corrected chi connectivity index (χ4v) is 3.23. The topological polar surface area (TPSA) is 49.8 Å². The number of rotatable bonds is 1. The van der Waals surface area contributed by atoms with Crippen molar-refractivity contribution in [3.8, 4) is 0 Å². The van der Waals surface area contributed by atoms with Crippen molar-refractivity contribution in [2.75, 3.05) is 6.61 Å². The van der Waals surface area contributed by atoms with E-state index in [0.29, 0.717) is 31.3 Å². The van der Waals surface area contributed by atoms with Crippen LogP contribution in [0, 0.1) is 11.8 Å². The summed E-state index contributed by atoms with van der Waals surface area (Å²) in [6.07, 6.45) is 0.926. The van der Waals surface area contributed by atoms with Gasteiger partial charge in [-0.1, -0.05) is 13.8 Å². The number of carbonyl (C=O) groups is 1. The maximum atomic E-state index is 11.9. The van der Waals surface area contributed by atoms with Crippen molar-refractivity contribution in [3.63, 3.8) is 0 Å². The Labute approximate surface area is 96.6 Å². The number of aliphatic hydroxyl groups is 1. The predicted octanol–water partition coefficient (Wildman–Crippen LogP) is 1.62. The third-order valence-corrected chi connectivity index (χ3v) is 4.26. The molecule has 92 valence electrons. The first-order valence-electron chi connectivity index (χ1n) is 6.19. The summed E-state index contributed by atoms with van der Waals surface area (Å²) in [5.74, 6) is 0.901. The third kappa shape index (κ3) is 1.69. The Bertz CT molecular complexity index is 263. The fourth-order valence-electron chi connectivity index (χ4n) is 3.23. The highest BCUT2D eigenvalue weighted by Gasteiger charge is 2.51. The van der Waals surface area contributed by atoms with Crippen molar-refractivity contribution in [3.05, 3.63) is 0 Å². The second-order valence-electron chi connectivity index (χ2n) is 5.08. The molecular weight excluding hydrogens is 206 g/mol. The normalized spacial score (nSPS) is 42.2. The van der Waals surface area contributed by atoms with Gasteiger partial charge in [-0.05, 0) is 31.6 Å². The highest BCUT2D eigenvalue weighted by Crippen LogP contribution is 2.43. The van der Waals surface area contributed by atoms with E-state index in [0.717, 1.165) is 0 Å². The Morgan fingerprint density at radius 3 is 2.25 bits per heavy atom. The molecule has 0 saturated carbocycles. The number of piperidine rings is 1. The van der Waals surface area contributed by atoms with Crippen LogP contribution in [-0.2, 0) is 4.74 Å². The minimum atomic E-state index is -0.256. The molecule has 2 aliphatic heterocycles. The summed E-state index contributed by atoms with van der Waals surface area (Å²) in [6, 6.07) is 0.311. The first-order valence-corrected chi connectivity index (χ1v) is 6.19. The standard InChI is InChI=1S/C12H21NO3/c1-4-16-12(15)13-10-5-9(14)6-11(13)8(3)7(10)2/h7-11,14H,4-6H2,1-3H3/t7-,8+,9?,10?,11?. The summed E-state index contributed by atoms with van der Waals surface area (Å²) in [6.45, 7) is 6.57. The molecule has 2 fully saturated rings. The zero-order chi connectivity index (χ0) is 11.9. The Kier molecular flexibility index (Phi) is 3.10. The van der Waals surface area contributed by atoms with Crippen molar-refractivity contribution in [2.45, 2.75) is 51.8 Å². The van der Waals surface area contributed by atoms with Crippen molar-refractivity contribution in [1.29, 1.82) is 0 Å². The molecule has 0 radical (unpaired) electrons. The number of hydrogen-bond donors (Lipinski definition) is 1. The van der Waals surface area contributed by atoms with Crippen LogP contribution in [0.2, 0.25) is 0 Å². The van der Waals surface area contributed by atoms with Crippen molar-refractivity contribution in [1.82, 2.24) is 4.90 Å². The molecule has 1 amide bonds. The lowest BCUT2D eigenvalue weighted by Gasteiger charge is -2.37. The molecule has 2 rings (SSSR count). The van der Waals surface area contributed by atoms with Gasteiger partial charge in [-0.25, -0.2) is 4.79 Å². The smallest absolute Gasteiger partial charge is 0.410 e. The number of nitrogens with zero attached hydrogens (tertiary/aromatic N) is 1. The van der Waals surface area contributed by atoms with E-state index in [1.54, 1.807) is 0 Å². The molecule has 0 spiro atoms. The Morgan fingerprint density at radius 2 is 1.81 bits per heavy atom. The van der Waals surface area contributed by atoms with Crippen molar-refractivity contribution in [2.24, 2.45) is 11.8 Å². The highest BCUT2D eigenvalue weighted by atomic mass is 16.6. The largest absolute Gasteiger partial charge is 0.450 e. The third-order valence-electron chi connectivity index (χ3n) is 4.26. The number of hydrogen-bond acceptors (Lipinski definition) is 3. The summed E-state index contributed by atoms with van der Waals surface area (Å²) in [5, 5.41) is 9.78. The minimum Gasteiger partial charge on any atom is -0.450 e. The average molecular weight is 227 g/mol. The summed E-state index contributed by atoms with van der Waals surface area (Å²) in [4.78, 5) is 13.7. The van der Waals surface area contributed by atoms with Crippen LogP contribution in [-0.4, -0.2) is 40.9 Å². The number of aliphatic hydroxyl groups excluding tert-OH is 1. The number of ether oxygens (including phenoxy) is 1. The van der Waals surface area contributed by atoms with Gasteiger partial charge in [-0.15, -0.1) is 0 Å². The summed E-state index contributed by atoms with van der Waals surface area (Å²) in [7, 11) is 0. The number of amides is 1. The van der Waals surface area contributed by atoms with Crippen LogP contribution in [0.5, 0.6) is 0 Å². The van der Waals surface area contributed by atoms with E-state index in [1.165, 1.54) is 0 Å². The Morgan fingerprint density at radius 1 is 1.31 bits per heavy atom. The van der Waals surface area contributed by atoms with E-state index in [9.17, 15) is 9.90 Å². The molecule has 0 aromatic rings. The zero-order valence-electron chi connectivity index (χ0n) is 10.2. The lowest BCUT2D eigenvalue weighted by Crippen LogP contribution is -2.49. The molecule has 0 aromatic heterocycles. The molecule has 2 heterocycles. The number of fused-ring (bicyclic) bond motifs is 2. The van der Waals surface area contributed by atoms with E-state index in [4.69, 9.17) is 4.74 Å². The van der Waals surface area contributed by atoms with E-state index >= 15 is 0 Å². The maximum Gasteiger partial charge on any atom is 0.410 e. The van der Waals surface area contributed by atoms with Crippen LogP contribution in [0.25, 0.3) is 0 Å². The van der Waals surface area contributed by atoms with Gasteiger partial charge in [0.2, 0.25) is 0 Å². The number of carbonyl (C=O) groups excluding carboxylic acids is 1. The van der Waals surface area contributed by atoms with Gasteiger partial charge in [0, 0.05) is 12.1 Å². The molecule has 16 heavy (non-hydrogen) atoms. The van der Waals surface area contributed by atoms with Gasteiger partial charge < -0.3 is 14.7 Å². The minimum absolute atomic E-state index is 0.155. The van der Waals surface area contributed by atoms with Gasteiger partial charge in [-0.2, -0.15) is 0 Å². The second-order valence-corrected chi connectivity index (χ2v) is 5.08. The lowest BCUT2D eigenvalue weighted by molar-refractivity contribution is 0.0197. The highest BCUT2D eigenvalue weighted by molar-refractivity contribution is 5.69. The molecule has 2 saturated heterocycles. The second kappa shape index (κ2) is 4.24. The first-order chi connectivity index (χ1) is 7.56. The van der Waals surface area contributed by atoms with Gasteiger partial charge in [-0.3, -0.25) is 0 Å². The fraction of sp³-hybridized carbons (Fsp3) is 0.917. The first kappa shape index (κ1) is 11.7. The molecule has 4 heteroatoms. The van der Waals surface area contributed by atoms with E-state index in [2.05, 4.69) is 13.8 Å². The van der Waals surface area contributed by atoms with Crippen LogP contribution >= 0.6 is 0 Å². The molecule has 3 unspecified atom stereocenters. The quantitative estimate of drug-likeness (QED) is 0.740. The Balaban J connectivity index is 2.18. The molecule has 0 aliphatic carbocycles. The van der Waals surface area contributed by atoms with Crippen LogP contribution in [0.1, 0.15) is 33.6 Å². The monoisotopic (exact) mass is 227 g/mol. The van der Waals surface area contributed by atoms with E-state index < -0.39 is 0 Å².